The minimum Gasteiger partial charge on any atom is -0.297 e. The highest BCUT2D eigenvalue weighted by Crippen LogP contribution is 2.15. The van der Waals surface area contributed by atoms with Crippen LogP contribution in [0.3, 0.4) is 0 Å². The van der Waals surface area contributed by atoms with Gasteiger partial charge in [-0.05, 0) is 25.5 Å². The number of hydrogen-bond acceptors (Lipinski definition) is 3. The lowest BCUT2D eigenvalue weighted by Gasteiger charge is -1.97. The van der Waals surface area contributed by atoms with Gasteiger partial charge in [-0.2, -0.15) is 0 Å². The van der Waals surface area contributed by atoms with E-state index in [-0.39, 0.29) is 4.87 Å². The first-order valence-electron chi connectivity index (χ1n) is 4.18. The molecule has 0 aromatic carbocycles. The van der Waals surface area contributed by atoms with Crippen LogP contribution < -0.4 is 4.87 Å². The molecule has 3 nitrogen and oxygen atoms in total. The van der Waals surface area contributed by atoms with Gasteiger partial charge in [-0.15, -0.1) is 0 Å². The summed E-state index contributed by atoms with van der Waals surface area (Å²) < 4.78 is 1.75. The summed E-state index contributed by atoms with van der Waals surface area (Å²) in [5.41, 5.74) is 2.05. The average molecular weight is 194 g/mol. The van der Waals surface area contributed by atoms with Gasteiger partial charge in [0.25, 0.3) is 0 Å². The van der Waals surface area contributed by atoms with E-state index in [2.05, 4.69) is 4.98 Å². The van der Waals surface area contributed by atoms with Crippen molar-refractivity contribution in [2.75, 3.05) is 0 Å². The van der Waals surface area contributed by atoms with E-state index in [1.807, 2.05) is 19.9 Å². The molecular formula is C9H10N2OS. The molecule has 0 saturated heterocycles. The Labute approximate surface area is 79.7 Å². The molecule has 0 bridgehead atoms. The lowest BCUT2D eigenvalue weighted by Crippen LogP contribution is -2.10. The van der Waals surface area contributed by atoms with Gasteiger partial charge in [0, 0.05) is 12.7 Å². The number of aryl methyl sites for hydroxylation is 2. The SMILES string of the molecule is CCn1c(=O)sc2ncc(C)cc21. The molecule has 0 N–H and O–H groups in total. The number of pyridine rings is 1. The van der Waals surface area contributed by atoms with Crippen LogP contribution in [0.1, 0.15) is 12.5 Å². The minimum absolute atomic E-state index is 0.0793. The standard InChI is InChI=1S/C9H10N2OS/c1-3-11-7-4-6(2)5-10-8(7)13-9(11)12/h4-5H,3H2,1-2H3. The van der Waals surface area contributed by atoms with Crippen LogP contribution in [0.4, 0.5) is 0 Å². The van der Waals surface area contributed by atoms with E-state index >= 15 is 0 Å². The maximum atomic E-state index is 11.4. The number of aromatic nitrogens is 2. The molecule has 0 unspecified atom stereocenters. The molecule has 2 aromatic heterocycles. The lowest BCUT2D eigenvalue weighted by molar-refractivity contribution is 0.777. The Balaban J connectivity index is 2.89. The van der Waals surface area contributed by atoms with Gasteiger partial charge >= 0.3 is 4.87 Å². The van der Waals surface area contributed by atoms with Crippen LogP contribution in [0, 0.1) is 6.92 Å². The molecular weight excluding hydrogens is 184 g/mol. The monoisotopic (exact) mass is 194 g/mol. The Morgan fingerprint density at radius 3 is 3.08 bits per heavy atom. The molecule has 0 spiro atoms. The maximum absolute atomic E-state index is 11.4. The van der Waals surface area contributed by atoms with Crippen LogP contribution in [0.25, 0.3) is 10.3 Å². The Kier molecular flexibility index (Phi) is 1.92. The molecule has 68 valence electrons. The number of rotatable bonds is 1. The summed E-state index contributed by atoms with van der Waals surface area (Å²) in [5.74, 6) is 0. The predicted octanol–water partition coefficient (Wildman–Crippen LogP) is 1.79. The molecule has 2 aromatic rings. The third kappa shape index (κ3) is 1.27. The topological polar surface area (TPSA) is 34.9 Å². The first kappa shape index (κ1) is 8.44. The van der Waals surface area contributed by atoms with Crippen molar-refractivity contribution in [1.29, 1.82) is 0 Å². The van der Waals surface area contributed by atoms with Gasteiger partial charge in [0.05, 0.1) is 5.52 Å². The van der Waals surface area contributed by atoms with E-state index in [1.54, 1.807) is 10.8 Å². The highest BCUT2D eigenvalue weighted by molar-refractivity contribution is 7.15. The van der Waals surface area contributed by atoms with Crippen LogP contribution in [-0.2, 0) is 6.54 Å². The van der Waals surface area contributed by atoms with Crippen molar-refractivity contribution in [3.05, 3.63) is 27.5 Å². The molecule has 2 heterocycles. The van der Waals surface area contributed by atoms with Crippen molar-refractivity contribution in [3.8, 4) is 0 Å². The van der Waals surface area contributed by atoms with E-state index in [1.165, 1.54) is 11.3 Å². The molecule has 0 radical (unpaired) electrons. The van der Waals surface area contributed by atoms with E-state index in [0.717, 1.165) is 15.9 Å². The molecule has 0 atom stereocenters. The minimum atomic E-state index is 0.0793. The van der Waals surface area contributed by atoms with Crippen LogP contribution in [0.15, 0.2) is 17.1 Å². The van der Waals surface area contributed by atoms with Crippen molar-refractivity contribution < 1.29 is 0 Å². The largest absolute Gasteiger partial charge is 0.309 e. The van der Waals surface area contributed by atoms with Gasteiger partial charge < -0.3 is 0 Å². The summed E-state index contributed by atoms with van der Waals surface area (Å²) >= 11 is 1.21. The number of fused-ring (bicyclic) bond motifs is 1. The van der Waals surface area contributed by atoms with Gasteiger partial charge in [0.15, 0.2) is 0 Å². The van der Waals surface area contributed by atoms with Crippen LogP contribution in [0.2, 0.25) is 0 Å². The van der Waals surface area contributed by atoms with E-state index in [4.69, 9.17) is 0 Å². The molecule has 0 aliphatic carbocycles. The third-order valence-electron chi connectivity index (χ3n) is 1.98. The van der Waals surface area contributed by atoms with Crippen molar-refractivity contribution in [3.63, 3.8) is 0 Å². The zero-order chi connectivity index (χ0) is 9.42. The fraction of sp³-hybridized carbons (Fsp3) is 0.333. The first-order chi connectivity index (χ1) is 6.22. The second-order valence-electron chi connectivity index (χ2n) is 2.95. The second kappa shape index (κ2) is 2.96. The third-order valence-corrected chi connectivity index (χ3v) is 2.88. The summed E-state index contributed by atoms with van der Waals surface area (Å²) in [7, 11) is 0. The van der Waals surface area contributed by atoms with Crippen LogP contribution in [-0.4, -0.2) is 9.55 Å². The summed E-state index contributed by atoms with van der Waals surface area (Å²) in [6.45, 7) is 4.66. The first-order valence-corrected chi connectivity index (χ1v) is 5.00. The molecule has 0 amide bonds. The predicted molar refractivity (Wildman–Crippen MR) is 54.3 cm³/mol. The highest BCUT2D eigenvalue weighted by Gasteiger charge is 2.05. The molecule has 4 heteroatoms. The normalized spacial score (nSPS) is 10.9. The van der Waals surface area contributed by atoms with Crippen LogP contribution >= 0.6 is 11.3 Å². The Morgan fingerprint density at radius 2 is 2.38 bits per heavy atom. The van der Waals surface area contributed by atoms with Gasteiger partial charge in [0.2, 0.25) is 0 Å². The summed E-state index contributed by atoms with van der Waals surface area (Å²) in [6, 6.07) is 2.00. The van der Waals surface area contributed by atoms with E-state index < -0.39 is 0 Å². The number of nitrogens with zero attached hydrogens (tertiary/aromatic N) is 2. The summed E-state index contributed by atoms with van der Waals surface area (Å²) in [5, 5.41) is 0. The Morgan fingerprint density at radius 1 is 1.62 bits per heavy atom. The summed E-state index contributed by atoms with van der Waals surface area (Å²) in [6.07, 6.45) is 1.79. The van der Waals surface area contributed by atoms with Crippen molar-refractivity contribution >= 4 is 21.7 Å². The Bertz CT molecular complexity index is 498. The van der Waals surface area contributed by atoms with Crippen molar-refractivity contribution in [2.24, 2.45) is 0 Å². The van der Waals surface area contributed by atoms with Gasteiger partial charge in [-0.3, -0.25) is 9.36 Å². The average Bonchev–Trinajstić information content (AvgIpc) is 2.40. The smallest absolute Gasteiger partial charge is 0.297 e. The second-order valence-corrected chi connectivity index (χ2v) is 3.89. The quantitative estimate of drug-likeness (QED) is 0.693. The molecule has 13 heavy (non-hydrogen) atoms. The molecule has 0 saturated carbocycles. The zero-order valence-corrected chi connectivity index (χ0v) is 8.39. The molecule has 0 aliphatic rings. The molecule has 2 rings (SSSR count). The highest BCUT2D eigenvalue weighted by atomic mass is 32.1. The number of hydrogen-bond donors (Lipinski definition) is 0. The van der Waals surface area contributed by atoms with E-state index in [9.17, 15) is 4.79 Å². The molecule has 0 fully saturated rings. The van der Waals surface area contributed by atoms with Gasteiger partial charge in [0.1, 0.15) is 4.83 Å². The lowest BCUT2D eigenvalue weighted by atomic mass is 10.3. The van der Waals surface area contributed by atoms with Crippen molar-refractivity contribution in [2.45, 2.75) is 20.4 Å². The van der Waals surface area contributed by atoms with E-state index in [0.29, 0.717) is 6.54 Å². The van der Waals surface area contributed by atoms with Crippen LogP contribution in [0.5, 0.6) is 0 Å². The fourth-order valence-electron chi connectivity index (χ4n) is 1.35. The fourth-order valence-corrected chi connectivity index (χ4v) is 2.23. The van der Waals surface area contributed by atoms with Crippen molar-refractivity contribution in [1.82, 2.24) is 9.55 Å². The van der Waals surface area contributed by atoms with Gasteiger partial charge in [-0.25, -0.2) is 4.98 Å². The number of thiazole rings is 1. The Hall–Kier alpha value is -1.16. The maximum Gasteiger partial charge on any atom is 0.309 e. The van der Waals surface area contributed by atoms with Gasteiger partial charge in [-0.1, -0.05) is 11.3 Å². The summed E-state index contributed by atoms with van der Waals surface area (Å²) in [4.78, 5) is 16.5. The molecule has 0 aliphatic heterocycles. The zero-order valence-electron chi connectivity index (χ0n) is 7.57.